The number of nitrogens with one attached hydrogen (secondary N) is 1. The van der Waals surface area contributed by atoms with Crippen LogP contribution in [0.25, 0.3) is 28.1 Å². The first-order valence-corrected chi connectivity index (χ1v) is 12.3. The molecule has 2 aromatic heterocycles. The van der Waals surface area contributed by atoms with Gasteiger partial charge in [-0.15, -0.1) is 0 Å². The molecule has 0 saturated heterocycles. The standard InChI is InChI=1S/C30H31N5O2/c1-20-27(29(37)35(33(20)5)23-11-7-6-8-12-23)32-26(36)19-34-25-14-10-9-13-24(25)31-28(34)21-15-17-22(18-16-21)30(2,3)4/h6-18H,19H2,1-5H3,(H,32,36). The first-order chi connectivity index (χ1) is 17.6. The summed E-state index contributed by atoms with van der Waals surface area (Å²) >= 11 is 0. The lowest BCUT2D eigenvalue weighted by atomic mass is 9.87. The third-order valence-corrected chi connectivity index (χ3v) is 6.78. The zero-order valence-electron chi connectivity index (χ0n) is 21.8. The average molecular weight is 494 g/mol. The molecule has 5 rings (SSSR count). The van der Waals surface area contributed by atoms with Gasteiger partial charge in [-0.05, 0) is 42.2 Å². The van der Waals surface area contributed by atoms with Crippen molar-refractivity contribution in [1.82, 2.24) is 18.9 Å². The van der Waals surface area contributed by atoms with Gasteiger partial charge in [0.2, 0.25) is 5.91 Å². The van der Waals surface area contributed by atoms with Crippen molar-refractivity contribution in [2.24, 2.45) is 7.05 Å². The highest BCUT2D eigenvalue weighted by Gasteiger charge is 2.21. The molecule has 0 aliphatic heterocycles. The maximum atomic E-state index is 13.3. The predicted octanol–water partition coefficient (Wildman–Crippen LogP) is 5.44. The third-order valence-electron chi connectivity index (χ3n) is 6.78. The number of amides is 1. The van der Waals surface area contributed by atoms with Crippen LogP contribution in [0.1, 0.15) is 32.0 Å². The molecule has 2 heterocycles. The largest absolute Gasteiger partial charge is 0.318 e. The van der Waals surface area contributed by atoms with Crippen LogP contribution in [0.4, 0.5) is 5.69 Å². The Labute approximate surface area is 216 Å². The zero-order chi connectivity index (χ0) is 26.3. The van der Waals surface area contributed by atoms with Crippen LogP contribution in [-0.2, 0) is 23.8 Å². The summed E-state index contributed by atoms with van der Waals surface area (Å²) in [4.78, 5) is 31.4. The number of benzene rings is 3. The molecule has 0 aliphatic rings. The van der Waals surface area contributed by atoms with Crippen LogP contribution in [0.2, 0.25) is 0 Å². The van der Waals surface area contributed by atoms with Gasteiger partial charge in [0.15, 0.2) is 0 Å². The fraction of sp³-hybridized carbons (Fsp3) is 0.233. The molecule has 1 amide bonds. The van der Waals surface area contributed by atoms with Gasteiger partial charge in [0.1, 0.15) is 18.1 Å². The second-order valence-electron chi connectivity index (χ2n) is 10.3. The molecule has 3 aromatic carbocycles. The Balaban J connectivity index is 1.50. The second-order valence-corrected chi connectivity index (χ2v) is 10.3. The quantitative estimate of drug-likeness (QED) is 0.354. The Morgan fingerprint density at radius 1 is 0.919 bits per heavy atom. The number of hydrogen-bond acceptors (Lipinski definition) is 3. The van der Waals surface area contributed by atoms with E-state index >= 15 is 0 Å². The van der Waals surface area contributed by atoms with Crippen molar-refractivity contribution in [3.8, 4) is 17.1 Å². The van der Waals surface area contributed by atoms with Gasteiger partial charge in [0, 0.05) is 12.6 Å². The SMILES string of the molecule is Cc1c(NC(=O)Cn2c(-c3ccc(C(C)(C)C)cc3)nc3ccccc32)c(=O)n(-c2ccccc2)n1C. The number of anilines is 1. The number of para-hydroxylation sites is 3. The fourth-order valence-corrected chi connectivity index (χ4v) is 4.61. The zero-order valence-corrected chi connectivity index (χ0v) is 21.8. The number of aromatic nitrogens is 4. The number of hydrogen-bond donors (Lipinski definition) is 1. The van der Waals surface area contributed by atoms with E-state index in [1.54, 1.807) is 9.36 Å². The summed E-state index contributed by atoms with van der Waals surface area (Å²) in [6.07, 6.45) is 0. The van der Waals surface area contributed by atoms with E-state index in [1.807, 2.05) is 73.1 Å². The van der Waals surface area contributed by atoms with Crippen LogP contribution in [0.3, 0.4) is 0 Å². The van der Waals surface area contributed by atoms with Crippen molar-refractivity contribution in [2.45, 2.75) is 39.7 Å². The lowest BCUT2D eigenvalue weighted by molar-refractivity contribution is -0.116. The Bertz CT molecular complexity index is 1650. The minimum Gasteiger partial charge on any atom is -0.318 e. The Hall–Kier alpha value is -4.39. The van der Waals surface area contributed by atoms with Gasteiger partial charge in [-0.3, -0.25) is 14.3 Å². The van der Waals surface area contributed by atoms with E-state index in [-0.39, 0.29) is 29.1 Å². The van der Waals surface area contributed by atoms with Crippen LogP contribution >= 0.6 is 0 Å². The van der Waals surface area contributed by atoms with Crippen molar-refractivity contribution in [2.75, 3.05) is 5.32 Å². The fourth-order valence-electron chi connectivity index (χ4n) is 4.61. The number of carbonyl (C=O) groups excluding carboxylic acids is 1. The molecular formula is C30H31N5O2. The van der Waals surface area contributed by atoms with Gasteiger partial charge in [0.25, 0.3) is 5.56 Å². The number of carbonyl (C=O) groups is 1. The van der Waals surface area contributed by atoms with Crippen molar-refractivity contribution in [1.29, 1.82) is 0 Å². The summed E-state index contributed by atoms with van der Waals surface area (Å²) in [5.74, 6) is 0.421. The summed E-state index contributed by atoms with van der Waals surface area (Å²) in [7, 11) is 1.81. The maximum Gasteiger partial charge on any atom is 0.295 e. The van der Waals surface area contributed by atoms with Crippen molar-refractivity contribution >= 4 is 22.6 Å². The van der Waals surface area contributed by atoms with Crippen LogP contribution in [0.5, 0.6) is 0 Å². The molecule has 7 nitrogen and oxygen atoms in total. The smallest absolute Gasteiger partial charge is 0.295 e. The predicted molar refractivity (Wildman–Crippen MR) is 148 cm³/mol. The molecule has 0 atom stereocenters. The molecule has 0 saturated carbocycles. The van der Waals surface area contributed by atoms with E-state index in [9.17, 15) is 9.59 Å². The maximum absolute atomic E-state index is 13.3. The number of nitrogens with zero attached hydrogens (tertiary/aromatic N) is 4. The van der Waals surface area contributed by atoms with Crippen LogP contribution < -0.4 is 10.9 Å². The molecule has 0 fully saturated rings. The van der Waals surface area contributed by atoms with E-state index in [2.05, 4.69) is 50.4 Å². The summed E-state index contributed by atoms with van der Waals surface area (Å²) in [6.45, 7) is 8.39. The monoisotopic (exact) mass is 493 g/mol. The number of fused-ring (bicyclic) bond motifs is 1. The van der Waals surface area contributed by atoms with Crippen LogP contribution in [0.15, 0.2) is 83.7 Å². The van der Waals surface area contributed by atoms with Gasteiger partial charge in [0.05, 0.1) is 22.4 Å². The minimum atomic E-state index is -0.290. The molecule has 0 radical (unpaired) electrons. The Morgan fingerprint density at radius 2 is 1.57 bits per heavy atom. The van der Waals surface area contributed by atoms with E-state index in [4.69, 9.17) is 4.98 Å². The normalized spacial score (nSPS) is 11.7. The topological polar surface area (TPSA) is 73.8 Å². The first kappa shape index (κ1) is 24.3. The molecule has 0 aliphatic carbocycles. The highest BCUT2D eigenvalue weighted by molar-refractivity contribution is 5.93. The molecule has 7 heteroatoms. The molecule has 0 spiro atoms. The summed E-state index contributed by atoms with van der Waals surface area (Å²) < 4.78 is 5.21. The highest BCUT2D eigenvalue weighted by Crippen LogP contribution is 2.28. The van der Waals surface area contributed by atoms with Crippen molar-refractivity contribution in [3.63, 3.8) is 0 Å². The average Bonchev–Trinajstić information content (AvgIpc) is 3.34. The molecule has 37 heavy (non-hydrogen) atoms. The molecule has 188 valence electrons. The van der Waals surface area contributed by atoms with Gasteiger partial charge in [-0.2, -0.15) is 0 Å². The third kappa shape index (κ3) is 4.48. The van der Waals surface area contributed by atoms with Gasteiger partial charge in [-0.25, -0.2) is 9.67 Å². The summed E-state index contributed by atoms with van der Waals surface area (Å²) in [5.41, 5.74) is 5.29. The molecular weight excluding hydrogens is 462 g/mol. The van der Waals surface area contributed by atoms with E-state index in [0.717, 1.165) is 22.3 Å². The summed E-state index contributed by atoms with van der Waals surface area (Å²) in [5, 5.41) is 2.88. The number of imidazole rings is 1. The minimum absolute atomic E-state index is 0.0238. The van der Waals surface area contributed by atoms with Crippen molar-refractivity contribution < 1.29 is 4.79 Å². The van der Waals surface area contributed by atoms with E-state index in [1.165, 1.54) is 5.56 Å². The first-order valence-electron chi connectivity index (χ1n) is 12.3. The van der Waals surface area contributed by atoms with Gasteiger partial charge < -0.3 is 9.88 Å². The van der Waals surface area contributed by atoms with Crippen LogP contribution in [0, 0.1) is 6.92 Å². The second kappa shape index (κ2) is 9.24. The number of rotatable bonds is 5. The Morgan fingerprint density at radius 3 is 2.24 bits per heavy atom. The van der Waals surface area contributed by atoms with Gasteiger partial charge >= 0.3 is 0 Å². The lowest BCUT2D eigenvalue weighted by Crippen LogP contribution is -2.25. The summed E-state index contributed by atoms with van der Waals surface area (Å²) in [6, 6.07) is 25.5. The highest BCUT2D eigenvalue weighted by atomic mass is 16.2. The van der Waals surface area contributed by atoms with Crippen LogP contribution in [-0.4, -0.2) is 24.8 Å². The molecule has 0 bridgehead atoms. The molecule has 5 aromatic rings. The Kier molecular flexibility index (Phi) is 6.07. The molecule has 0 unspecified atom stereocenters. The molecule has 1 N–H and O–H groups in total. The van der Waals surface area contributed by atoms with Gasteiger partial charge in [-0.1, -0.05) is 75.4 Å². The van der Waals surface area contributed by atoms with E-state index < -0.39 is 0 Å². The van der Waals surface area contributed by atoms with E-state index in [0.29, 0.717) is 11.5 Å². The lowest BCUT2D eigenvalue weighted by Gasteiger charge is -2.19. The van der Waals surface area contributed by atoms with Crippen molar-refractivity contribution in [3.05, 3.63) is 100 Å².